The van der Waals surface area contributed by atoms with Gasteiger partial charge in [0.05, 0.1) is 0 Å². The van der Waals surface area contributed by atoms with Gasteiger partial charge >= 0.3 is 0 Å². The van der Waals surface area contributed by atoms with Crippen LogP contribution in [0.15, 0.2) is 24.3 Å². The summed E-state index contributed by atoms with van der Waals surface area (Å²) in [7, 11) is 0. The third kappa shape index (κ3) is 4.09. The molecule has 0 aliphatic heterocycles. The quantitative estimate of drug-likeness (QED) is 0.873. The van der Waals surface area contributed by atoms with Crippen molar-refractivity contribution in [1.82, 2.24) is 5.32 Å². The van der Waals surface area contributed by atoms with Gasteiger partial charge in [-0.1, -0.05) is 25.0 Å². The molecule has 1 aliphatic carbocycles. The topological polar surface area (TPSA) is 58.2 Å². The van der Waals surface area contributed by atoms with Crippen LogP contribution in [-0.4, -0.2) is 11.8 Å². The standard InChI is InChI=1S/C15H20N2O2/c1-11(18)17-14-8-4-5-12(9-14)10-16-15(19)13-6-2-3-7-13/h4-5,8-9,13H,2-3,6-7,10H2,1H3,(H,16,19)(H,17,18). The maximum Gasteiger partial charge on any atom is 0.223 e. The number of amides is 2. The average molecular weight is 260 g/mol. The molecule has 4 nitrogen and oxygen atoms in total. The van der Waals surface area contributed by atoms with Gasteiger partial charge in [0.15, 0.2) is 0 Å². The van der Waals surface area contributed by atoms with E-state index in [2.05, 4.69) is 10.6 Å². The summed E-state index contributed by atoms with van der Waals surface area (Å²) in [6, 6.07) is 7.54. The van der Waals surface area contributed by atoms with Crippen molar-refractivity contribution in [3.63, 3.8) is 0 Å². The van der Waals surface area contributed by atoms with E-state index in [4.69, 9.17) is 0 Å². The van der Waals surface area contributed by atoms with Crippen molar-refractivity contribution >= 4 is 17.5 Å². The highest BCUT2D eigenvalue weighted by Gasteiger charge is 2.21. The van der Waals surface area contributed by atoms with Crippen LogP contribution in [0.25, 0.3) is 0 Å². The third-order valence-electron chi connectivity index (χ3n) is 3.44. The molecule has 4 heteroatoms. The minimum Gasteiger partial charge on any atom is -0.352 e. The van der Waals surface area contributed by atoms with E-state index in [1.807, 2.05) is 24.3 Å². The van der Waals surface area contributed by atoms with Gasteiger partial charge in [-0.2, -0.15) is 0 Å². The Bertz CT molecular complexity index is 465. The van der Waals surface area contributed by atoms with Gasteiger partial charge in [-0.25, -0.2) is 0 Å². The summed E-state index contributed by atoms with van der Waals surface area (Å²) in [6.45, 7) is 2.00. The van der Waals surface area contributed by atoms with Crippen LogP contribution in [0.1, 0.15) is 38.2 Å². The zero-order valence-corrected chi connectivity index (χ0v) is 11.2. The molecule has 0 aromatic heterocycles. The molecular formula is C15H20N2O2. The van der Waals surface area contributed by atoms with E-state index in [0.717, 1.165) is 36.9 Å². The highest BCUT2D eigenvalue weighted by molar-refractivity contribution is 5.88. The first kappa shape index (κ1) is 13.6. The number of hydrogen-bond acceptors (Lipinski definition) is 2. The molecule has 1 aromatic carbocycles. The van der Waals surface area contributed by atoms with Gasteiger partial charge in [-0.3, -0.25) is 9.59 Å². The highest BCUT2D eigenvalue weighted by atomic mass is 16.2. The molecule has 0 unspecified atom stereocenters. The van der Waals surface area contributed by atoms with Crippen LogP contribution in [0.3, 0.4) is 0 Å². The number of hydrogen-bond donors (Lipinski definition) is 2. The van der Waals surface area contributed by atoms with Gasteiger partial charge in [0.2, 0.25) is 11.8 Å². The zero-order chi connectivity index (χ0) is 13.7. The summed E-state index contributed by atoms with van der Waals surface area (Å²) < 4.78 is 0. The Kier molecular flexibility index (Phi) is 4.55. The summed E-state index contributed by atoms with van der Waals surface area (Å²) in [5, 5.41) is 5.71. The Labute approximate surface area is 113 Å². The smallest absolute Gasteiger partial charge is 0.223 e. The Balaban J connectivity index is 1.88. The van der Waals surface area contributed by atoms with Gasteiger partial charge in [-0.15, -0.1) is 0 Å². The van der Waals surface area contributed by atoms with E-state index in [0.29, 0.717) is 6.54 Å². The largest absolute Gasteiger partial charge is 0.352 e. The zero-order valence-electron chi connectivity index (χ0n) is 11.2. The number of anilines is 1. The summed E-state index contributed by atoms with van der Waals surface area (Å²) in [5.41, 5.74) is 1.76. The van der Waals surface area contributed by atoms with E-state index in [1.165, 1.54) is 6.92 Å². The van der Waals surface area contributed by atoms with Crippen LogP contribution in [-0.2, 0) is 16.1 Å². The summed E-state index contributed by atoms with van der Waals surface area (Å²) >= 11 is 0. The van der Waals surface area contributed by atoms with Gasteiger partial charge in [-0.05, 0) is 30.5 Å². The number of carbonyl (C=O) groups excluding carboxylic acids is 2. The molecule has 0 heterocycles. The lowest BCUT2D eigenvalue weighted by Crippen LogP contribution is -2.28. The lowest BCUT2D eigenvalue weighted by atomic mass is 10.1. The molecule has 2 amide bonds. The van der Waals surface area contributed by atoms with Gasteiger partial charge in [0.1, 0.15) is 0 Å². The maximum atomic E-state index is 11.9. The summed E-state index contributed by atoms with van der Waals surface area (Å²) in [6.07, 6.45) is 4.35. The first-order chi connectivity index (χ1) is 9.15. The molecule has 19 heavy (non-hydrogen) atoms. The normalized spacial score (nSPS) is 15.2. The molecule has 102 valence electrons. The lowest BCUT2D eigenvalue weighted by molar-refractivity contribution is -0.125. The Morgan fingerprint density at radius 1 is 1.26 bits per heavy atom. The number of rotatable bonds is 4. The lowest BCUT2D eigenvalue weighted by Gasteiger charge is -2.11. The summed E-state index contributed by atoms with van der Waals surface area (Å²) in [5.74, 6) is 0.257. The molecule has 1 fully saturated rings. The molecule has 1 saturated carbocycles. The molecule has 0 atom stereocenters. The van der Waals surface area contributed by atoms with E-state index >= 15 is 0 Å². The third-order valence-corrected chi connectivity index (χ3v) is 3.44. The van der Waals surface area contributed by atoms with Crippen LogP contribution in [0, 0.1) is 5.92 Å². The molecule has 0 radical (unpaired) electrons. The fourth-order valence-corrected chi connectivity index (χ4v) is 2.48. The second kappa shape index (κ2) is 6.36. The molecular weight excluding hydrogens is 240 g/mol. The van der Waals surface area contributed by atoms with Crippen molar-refractivity contribution in [2.45, 2.75) is 39.2 Å². The van der Waals surface area contributed by atoms with Gasteiger partial charge < -0.3 is 10.6 Å². The van der Waals surface area contributed by atoms with E-state index in [9.17, 15) is 9.59 Å². The first-order valence-electron chi connectivity index (χ1n) is 6.79. The molecule has 0 bridgehead atoms. The van der Waals surface area contributed by atoms with Crippen molar-refractivity contribution in [2.24, 2.45) is 5.92 Å². The number of nitrogens with one attached hydrogen (secondary N) is 2. The van der Waals surface area contributed by atoms with Crippen LogP contribution < -0.4 is 10.6 Å². The fraction of sp³-hybridized carbons (Fsp3) is 0.467. The van der Waals surface area contributed by atoms with Crippen molar-refractivity contribution in [3.8, 4) is 0 Å². The van der Waals surface area contributed by atoms with Gasteiger partial charge in [0, 0.05) is 25.1 Å². The van der Waals surface area contributed by atoms with Crippen LogP contribution >= 0.6 is 0 Å². The van der Waals surface area contributed by atoms with Crippen molar-refractivity contribution in [1.29, 1.82) is 0 Å². The van der Waals surface area contributed by atoms with Crippen molar-refractivity contribution in [3.05, 3.63) is 29.8 Å². The van der Waals surface area contributed by atoms with E-state index < -0.39 is 0 Å². The predicted molar refractivity (Wildman–Crippen MR) is 74.6 cm³/mol. The SMILES string of the molecule is CC(=O)Nc1cccc(CNC(=O)C2CCCC2)c1. The highest BCUT2D eigenvalue weighted by Crippen LogP contribution is 2.24. The molecule has 0 spiro atoms. The molecule has 2 rings (SSSR count). The maximum absolute atomic E-state index is 11.9. The molecule has 1 aromatic rings. The molecule has 0 saturated heterocycles. The second-order valence-corrected chi connectivity index (χ2v) is 5.08. The van der Waals surface area contributed by atoms with Gasteiger partial charge in [0.25, 0.3) is 0 Å². The minimum absolute atomic E-state index is 0.0906. The Hall–Kier alpha value is -1.84. The van der Waals surface area contributed by atoms with Crippen molar-refractivity contribution < 1.29 is 9.59 Å². The Morgan fingerprint density at radius 3 is 2.68 bits per heavy atom. The molecule has 2 N–H and O–H groups in total. The van der Waals surface area contributed by atoms with E-state index in [-0.39, 0.29) is 17.7 Å². The average Bonchev–Trinajstić information content (AvgIpc) is 2.89. The molecule has 1 aliphatic rings. The number of benzene rings is 1. The fourth-order valence-electron chi connectivity index (χ4n) is 2.48. The number of carbonyl (C=O) groups is 2. The van der Waals surface area contributed by atoms with Crippen LogP contribution in [0.5, 0.6) is 0 Å². The summed E-state index contributed by atoms with van der Waals surface area (Å²) in [4.78, 5) is 22.9. The monoisotopic (exact) mass is 260 g/mol. The van der Waals surface area contributed by atoms with Crippen molar-refractivity contribution in [2.75, 3.05) is 5.32 Å². The van der Waals surface area contributed by atoms with Crippen LogP contribution in [0.4, 0.5) is 5.69 Å². The first-order valence-corrected chi connectivity index (χ1v) is 6.79. The minimum atomic E-state index is -0.0906. The predicted octanol–water partition coefficient (Wildman–Crippen LogP) is 2.45. The second-order valence-electron chi connectivity index (χ2n) is 5.08. The van der Waals surface area contributed by atoms with Crippen LogP contribution in [0.2, 0.25) is 0 Å². The van der Waals surface area contributed by atoms with E-state index in [1.54, 1.807) is 0 Å². The Morgan fingerprint density at radius 2 is 2.00 bits per heavy atom.